The first kappa shape index (κ1) is 14.0. The Hall–Kier alpha value is -1.43. The number of sulfone groups is 1. The number of sulfonamides is 1. The molecule has 2 rings (SSSR count). The van der Waals surface area contributed by atoms with Crippen LogP contribution in [-0.2, 0) is 19.9 Å². The van der Waals surface area contributed by atoms with Gasteiger partial charge in [-0.3, -0.25) is 0 Å². The third-order valence-electron chi connectivity index (χ3n) is 2.83. The Balaban J connectivity index is 2.22. The van der Waals surface area contributed by atoms with E-state index in [9.17, 15) is 16.8 Å². The fourth-order valence-electron chi connectivity index (χ4n) is 1.91. The average molecular weight is 300 g/mol. The van der Waals surface area contributed by atoms with Crippen LogP contribution in [-0.4, -0.2) is 34.4 Å². The SMILES string of the molecule is N#Cc1cccc(S(=O)(=O)NC2CCS(=O)(=O)C2)c1. The molecule has 1 fully saturated rings. The number of benzene rings is 1. The predicted molar refractivity (Wildman–Crippen MR) is 68.5 cm³/mol. The molecule has 6 nitrogen and oxygen atoms in total. The highest BCUT2D eigenvalue weighted by molar-refractivity contribution is 7.92. The molecule has 0 spiro atoms. The molecular formula is C11H12N2O4S2. The largest absolute Gasteiger partial charge is 0.240 e. The second-order valence-corrected chi connectivity index (χ2v) is 8.30. The minimum absolute atomic E-state index is 0.00157. The molecule has 1 aromatic carbocycles. The second-order valence-electron chi connectivity index (χ2n) is 4.36. The molecule has 1 aromatic rings. The normalized spacial score (nSPS) is 21.9. The lowest BCUT2D eigenvalue weighted by molar-refractivity contribution is 0.562. The molecule has 1 unspecified atom stereocenters. The quantitative estimate of drug-likeness (QED) is 0.847. The van der Waals surface area contributed by atoms with Crippen molar-refractivity contribution in [1.82, 2.24) is 4.72 Å². The monoisotopic (exact) mass is 300 g/mol. The van der Waals surface area contributed by atoms with Crippen LogP contribution in [0.5, 0.6) is 0 Å². The molecule has 0 amide bonds. The molecule has 0 aliphatic carbocycles. The summed E-state index contributed by atoms with van der Waals surface area (Å²) in [5.74, 6) is -0.178. The molecule has 19 heavy (non-hydrogen) atoms. The van der Waals surface area contributed by atoms with Crippen LogP contribution in [0.4, 0.5) is 0 Å². The van der Waals surface area contributed by atoms with E-state index < -0.39 is 25.9 Å². The molecule has 102 valence electrons. The van der Waals surface area contributed by atoms with Gasteiger partial charge in [-0.1, -0.05) is 6.07 Å². The molecule has 1 saturated heterocycles. The van der Waals surface area contributed by atoms with E-state index in [1.807, 2.05) is 6.07 Å². The highest BCUT2D eigenvalue weighted by Crippen LogP contribution is 2.16. The van der Waals surface area contributed by atoms with Crippen molar-refractivity contribution in [3.05, 3.63) is 29.8 Å². The summed E-state index contributed by atoms with van der Waals surface area (Å²) >= 11 is 0. The van der Waals surface area contributed by atoms with E-state index in [2.05, 4.69) is 4.72 Å². The molecule has 1 atom stereocenters. The average Bonchev–Trinajstić information content (AvgIpc) is 2.68. The predicted octanol–water partition coefficient (Wildman–Crippen LogP) is 0.0237. The van der Waals surface area contributed by atoms with Gasteiger partial charge in [0.05, 0.1) is 28.0 Å². The van der Waals surface area contributed by atoms with Gasteiger partial charge in [0.1, 0.15) is 0 Å². The summed E-state index contributed by atoms with van der Waals surface area (Å²) in [5.41, 5.74) is 0.238. The first-order chi connectivity index (χ1) is 8.82. The Morgan fingerprint density at radius 1 is 1.37 bits per heavy atom. The minimum atomic E-state index is -3.79. The Morgan fingerprint density at radius 3 is 2.68 bits per heavy atom. The zero-order chi connectivity index (χ0) is 14.1. The van der Waals surface area contributed by atoms with E-state index >= 15 is 0 Å². The van der Waals surface area contributed by atoms with Crippen molar-refractivity contribution in [1.29, 1.82) is 5.26 Å². The van der Waals surface area contributed by atoms with E-state index in [1.165, 1.54) is 24.3 Å². The fourth-order valence-corrected chi connectivity index (χ4v) is 5.00. The number of rotatable bonds is 3. The zero-order valence-electron chi connectivity index (χ0n) is 9.90. The van der Waals surface area contributed by atoms with Crippen LogP contribution in [0, 0.1) is 11.3 Å². The lowest BCUT2D eigenvalue weighted by Gasteiger charge is -2.11. The van der Waals surface area contributed by atoms with Gasteiger partial charge in [0.2, 0.25) is 10.0 Å². The molecule has 8 heteroatoms. The van der Waals surface area contributed by atoms with Gasteiger partial charge < -0.3 is 0 Å². The van der Waals surface area contributed by atoms with Crippen molar-refractivity contribution in [3.8, 4) is 6.07 Å². The topological polar surface area (TPSA) is 104 Å². The van der Waals surface area contributed by atoms with E-state index in [0.717, 1.165) is 0 Å². The summed E-state index contributed by atoms with van der Waals surface area (Å²) in [6, 6.07) is 6.85. The third kappa shape index (κ3) is 3.32. The van der Waals surface area contributed by atoms with Gasteiger partial charge in [0.25, 0.3) is 0 Å². The maximum atomic E-state index is 12.1. The summed E-state index contributed by atoms with van der Waals surface area (Å²) in [5, 5.41) is 8.74. The summed E-state index contributed by atoms with van der Waals surface area (Å²) in [7, 11) is -6.93. The molecule has 1 heterocycles. The molecule has 0 saturated carbocycles. The Labute approximate surface area is 112 Å². The first-order valence-electron chi connectivity index (χ1n) is 5.55. The van der Waals surface area contributed by atoms with Gasteiger partial charge in [-0.2, -0.15) is 5.26 Å². The number of nitriles is 1. The Morgan fingerprint density at radius 2 is 2.11 bits per heavy atom. The van der Waals surface area contributed by atoms with Crippen LogP contribution in [0.25, 0.3) is 0 Å². The van der Waals surface area contributed by atoms with Crippen molar-refractivity contribution >= 4 is 19.9 Å². The van der Waals surface area contributed by atoms with E-state index in [0.29, 0.717) is 0 Å². The highest BCUT2D eigenvalue weighted by Gasteiger charge is 2.31. The fraction of sp³-hybridized carbons (Fsp3) is 0.364. The molecule has 0 bridgehead atoms. The molecule has 0 radical (unpaired) electrons. The number of hydrogen-bond acceptors (Lipinski definition) is 5. The molecule has 1 N–H and O–H groups in total. The lowest BCUT2D eigenvalue weighted by Crippen LogP contribution is -2.35. The second kappa shape index (κ2) is 4.92. The minimum Gasteiger partial charge on any atom is -0.229 e. The zero-order valence-corrected chi connectivity index (χ0v) is 11.5. The van der Waals surface area contributed by atoms with Gasteiger partial charge in [-0.05, 0) is 24.6 Å². The van der Waals surface area contributed by atoms with Crippen molar-refractivity contribution < 1.29 is 16.8 Å². The van der Waals surface area contributed by atoms with Crippen molar-refractivity contribution in [3.63, 3.8) is 0 Å². The number of hydrogen-bond donors (Lipinski definition) is 1. The Bertz CT molecular complexity index is 732. The van der Waals surface area contributed by atoms with Crippen LogP contribution in [0.1, 0.15) is 12.0 Å². The summed E-state index contributed by atoms with van der Waals surface area (Å²) < 4.78 is 49.0. The van der Waals surface area contributed by atoms with Crippen molar-refractivity contribution in [2.75, 3.05) is 11.5 Å². The summed E-state index contributed by atoms with van der Waals surface area (Å²) in [6.07, 6.45) is 0.277. The van der Waals surface area contributed by atoms with E-state index in [4.69, 9.17) is 5.26 Å². The van der Waals surface area contributed by atoms with Crippen LogP contribution in [0.3, 0.4) is 0 Å². The summed E-state index contributed by atoms with van der Waals surface area (Å²) in [4.78, 5) is -0.0316. The van der Waals surface area contributed by atoms with Gasteiger partial charge in [0.15, 0.2) is 9.84 Å². The van der Waals surface area contributed by atoms with Crippen LogP contribution < -0.4 is 4.72 Å². The summed E-state index contributed by atoms with van der Waals surface area (Å²) in [6.45, 7) is 0. The number of nitrogens with zero attached hydrogens (tertiary/aromatic N) is 1. The van der Waals surface area contributed by atoms with Crippen LogP contribution in [0.2, 0.25) is 0 Å². The van der Waals surface area contributed by atoms with Crippen molar-refractivity contribution in [2.24, 2.45) is 0 Å². The first-order valence-corrected chi connectivity index (χ1v) is 8.86. The molecule has 1 aliphatic heterocycles. The number of nitrogens with one attached hydrogen (secondary N) is 1. The maximum Gasteiger partial charge on any atom is 0.240 e. The molecule has 1 aliphatic rings. The standard InChI is InChI=1S/C11H12N2O4S2/c12-7-9-2-1-3-11(6-9)19(16,17)13-10-4-5-18(14,15)8-10/h1-3,6,10,13H,4-5,8H2. The maximum absolute atomic E-state index is 12.1. The van der Waals surface area contributed by atoms with Gasteiger partial charge in [-0.25, -0.2) is 21.6 Å². The highest BCUT2D eigenvalue weighted by atomic mass is 32.2. The smallest absolute Gasteiger partial charge is 0.229 e. The molecule has 0 aromatic heterocycles. The van der Waals surface area contributed by atoms with Gasteiger partial charge in [-0.15, -0.1) is 0 Å². The lowest BCUT2D eigenvalue weighted by atomic mass is 10.2. The van der Waals surface area contributed by atoms with E-state index in [-0.39, 0.29) is 28.4 Å². The third-order valence-corrected chi connectivity index (χ3v) is 6.11. The van der Waals surface area contributed by atoms with Crippen LogP contribution >= 0.6 is 0 Å². The van der Waals surface area contributed by atoms with Crippen LogP contribution in [0.15, 0.2) is 29.2 Å². The van der Waals surface area contributed by atoms with E-state index in [1.54, 1.807) is 0 Å². The van der Waals surface area contributed by atoms with Gasteiger partial charge in [0, 0.05) is 6.04 Å². The van der Waals surface area contributed by atoms with Gasteiger partial charge >= 0.3 is 0 Å². The van der Waals surface area contributed by atoms with Crippen molar-refractivity contribution in [2.45, 2.75) is 17.4 Å². The Kier molecular flexibility index (Phi) is 3.62. The molecular weight excluding hydrogens is 288 g/mol.